The van der Waals surface area contributed by atoms with E-state index in [0.717, 1.165) is 0 Å². The molecule has 1 aromatic heterocycles. The zero-order chi connectivity index (χ0) is 29.8. The number of halogens is 2. The Morgan fingerprint density at radius 1 is 1.14 bits per heavy atom. The lowest BCUT2D eigenvalue weighted by atomic mass is 9.93. The van der Waals surface area contributed by atoms with Gasteiger partial charge in [-0.2, -0.15) is 5.26 Å². The van der Waals surface area contributed by atoms with E-state index in [0.29, 0.717) is 42.5 Å². The number of fused-ring (bicyclic) bond motifs is 1. The molecule has 0 fully saturated rings. The van der Waals surface area contributed by atoms with Crippen LogP contribution in [0.1, 0.15) is 29.7 Å². The Kier molecular flexibility index (Phi) is 8.78. The third-order valence-corrected chi connectivity index (χ3v) is 7.91. The van der Waals surface area contributed by atoms with Crippen molar-refractivity contribution in [1.29, 1.82) is 5.26 Å². The molecule has 0 spiro atoms. The molecule has 42 heavy (non-hydrogen) atoms. The summed E-state index contributed by atoms with van der Waals surface area (Å²) in [6.45, 7) is 1.67. The molecule has 1 atom stereocenters. The van der Waals surface area contributed by atoms with Crippen molar-refractivity contribution >= 4 is 52.3 Å². The second-order valence-corrected chi connectivity index (χ2v) is 10.8. The van der Waals surface area contributed by atoms with E-state index in [9.17, 15) is 9.59 Å². The number of hydrogen-bond acceptors (Lipinski definition) is 8. The molecule has 1 aliphatic heterocycles. The molecule has 0 saturated carbocycles. The van der Waals surface area contributed by atoms with Gasteiger partial charge in [-0.15, -0.1) is 0 Å². The van der Waals surface area contributed by atoms with E-state index in [2.05, 4.69) is 0 Å². The molecule has 1 aliphatic rings. The largest absolute Gasteiger partial charge is 0.493 e. The second-order valence-electron chi connectivity index (χ2n) is 8.96. The summed E-state index contributed by atoms with van der Waals surface area (Å²) in [5, 5.41) is 9.62. The molecule has 0 amide bonds. The van der Waals surface area contributed by atoms with Crippen LogP contribution in [-0.2, 0) is 9.53 Å². The van der Waals surface area contributed by atoms with Crippen molar-refractivity contribution in [1.82, 2.24) is 4.57 Å². The Morgan fingerprint density at radius 2 is 1.88 bits per heavy atom. The lowest BCUT2D eigenvalue weighted by Crippen LogP contribution is -2.40. The van der Waals surface area contributed by atoms with Gasteiger partial charge in [0.2, 0.25) is 0 Å². The van der Waals surface area contributed by atoms with Gasteiger partial charge >= 0.3 is 5.97 Å². The van der Waals surface area contributed by atoms with E-state index in [1.807, 2.05) is 36.4 Å². The lowest BCUT2D eigenvalue weighted by molar-refractivity contribution is -0.138. The number of rotatable bonds is 8. The topological polar surface area (TPSA) is 103 Å². The summed E-state index contributed by atoms with van der Waals surface area (Å²) in [5.74, 6) is -0.0285. The first-order valence-electron chi connectivity index (χ1n) is 12.8. The first kappa shape index (κ1) is 29.1. The lowest BCUT2D eigenvalue weighted by Gasteiger charge is -2.25. The molecule has 3 aromatic carbocycles. The molecule has 212 valence electrons. The molecule has 4 aromatic rings. The molecular formula is C31H23Cl2N3O5S. The van der Waals surface area contributed by atoms with Crippen LogP contribution in [0.3, 0.4) is 0 Å². The van der Waals surface area contributed by atoms with Gasteiger partial charge in [0.25, 0.3) is 5.56 Å². The van der Waals surface area contributed by atoms with Gasteiger partial charge in [-0.25, -0.2) is 9.79 Å². The van der Waals surface area contributed by atoms with Crippen LogP contribution in [0.5, 0.6) is 11.5 Å². The van der Waals surface area contributed by atoms with E-state index in [-0.39, 0.29) is 35.1 Å². The van der Waals surface area contributed by atoms with E-state index in [1.165, 1.54) is 23.0 Å². The monoisotopic (exact) mass is 619 g/mol. The van der Waals surface area contributed by atoms with Crippen LogP contribution >= 0.6 is 34.5 Å². The number of aromatic nitrogens is 1. The number of carbonyl (C=O) groups is 1. The highest BCUT2D eigenvalue weighted by Crippen LogP contribution is 2.37. The van der Waals surface area contributed by atoms with Crippen molar-refractivity contribution in [2.75, 3.05) is 20.3 Å². The zero-order valence-corrected chi connectivity index (χ0v) is 24.8. The van der Waals surface area contributed by atoms with Crippen molar-refractivity contribution in [2.45, 2.75) is 13.0 Å². The highest BCUT2D eigenvalue weighted by Gasteiger charge is 2.35. The minimum absolute atomic E-state index is 0.152. The minimum Gasteiger partial charge on any atom is -0.493 e. The van der Waals surface area contributed by atoms with E-state index in [1.54, 1.807) is 49.4 Å². The number of nitrogens with zero attached hydrogens (tertiary/aromatic N) is 3. The van der Waals surface area contributed by atoms with E-state index < -0.39 is 12.0 Å². The fraction of sp³-hybridized carbons (Fsp3) is 0.161. The maximum atomic E-state index is 14.0. The third-order valence-electron chi connectivity index (χ3n) is 6.39. The van der Waals surface area contributed by atoms with Crippen LogP contribution in [-0.4, -0.2) is 30.9 Å². The van der Waals surface area contributed by atoms with Crippen LogP contribution in [0.4, 0.5) is 0 Å². The summed E-state index contributed by atoms with van der Waals surface area (Å²) in [7, 11) is 1.46. The summed E-state index contributed by atoms with van der Waals surface area (Å²) < 4.78 is 18.2. The number of methoxy groups -OCH3 is 1. The van der Waals surface area contributed by atoms with Crippen molar-refractivity contribution in [3.63, 3.8) is 0 Å². The van der Waals surface area contributed by atoms with Gasteiger partial charge in [0.15, 0.2) is 22.9 Å². The van der Waals surface area contributed by atoms with Gasteiger partial charge in [-0.3, -0.25) is 9.36 Å². The summed E-state index contributed by atoms with van der Waals surface area (Å²) in [4.78, 5) is 32.8. The number of hydrogen-bond donors (Lipinski definition) is 0. The van der Waals surface area contributed by atoms with E-state index >= 15 is 0 Å². The molecule has 0 unspecified atom stereocenters. The van der Waals surface area contributed by atoms with Gasteiger partial charge in [0, 0.05) is 10.6 Å². The summed E-state index contributed by atoms with van der Waals surface area (Å²) >= 11 is 13.8. The highest BCUT2D eigenvalue weighted by atomic mass is 35.5. The highest BCUT2D eigenvalue weighted by molar-refractivity contribution is 7.07. The Morgan fingerprint density at radius 3 is 2.55 bits per heavy atom. The number of ether oxygens (including phenoxy) is 3. The van der Waals surface area contributed by atoms with Crippen molar-refractivity contribution in [3.05, 3.63) is 119 Å². The summed E-state index contributed by atoms with van der Waals surface area (Å²) in [6.07, 6.45) is 1.67. The molecule has 0 saturated heterocycles. The summed E-state index contributed by atoms with van der Waals surface area (Å²) in [6, 6.07) is 20.6. The number of carbonyl (C=O) groups excluding carboxylic acids is 1. The molecule has 5 rings (SSSR count). The quantitative estimate of drug-likeness (QED) is 0.253. The minimum atomic E-state index is -0.824. The molecule has 11 heteroatoms. The first-order valence-corrected chi connectivity index (χ1v) is 14.3. The SMILES string of the molecule is CCOC(=O)C1=C(c2ccccc2)N=c2s/c(=C\c3cc(Cl)c(OCC#N)c(OC)c3)c(=O)n2[C@H]1c1ccc(Cl)cc1. The molecule has 0 radical (unpaired) electrons. The molecule has 0 bridgehead atoms. The number of esters is 1. The molecule has 0 aliphatic carbocycles. The van der Waals surface area contributed by atoms with Crippen molar-refractivity contribution < 1.29 is 19.0 Å². The molecule has 0 N–H and O–H groups in total. The fourth-order valence-electron chi connectivity index (χ4n) is 4.62. The van der Waals surface area contributed by atoms with Crippen LogP contribution in [0.25, 0.3) is 11.8 Å². The Labute approximate surface area is 254 Å². The maximum Gasteiger partial charge on any atom is 0.338 e. The van der Waals surface area contributed by atoms with E-state index in [4.69, 9.17) is 47.7 Å². The van der Waals surface area contributed by atoms with Crippen LogP contribution < -0.4 is 24.4 Å². The third kappa shape index (κ3) is 5.70. The summed E-state index contributed by atoms with van der Waals surface area (Å²) in [5.41, 5.74) is 2.26. The normalized spacial score (nSPS) is 14.5. The molecule has 8 nitrogen and oxygen atoms in total. The molecule has 2 heterocycles. The smallest absolute Gasteiger partial charge is 0.338 e. The van der Waals surface area contributed by atoms with Gasteiger partial charge in [-0.05, 0) is 48.4 Å². The van der Waals surface area contributed by atoms with Crippen LogP contribution in [0.15, 0.2) is 82.1 Å². The Balaban J connectivity index is 1.77. The zero-order valence-electron chi connectivity index (χ0n) is 22.5. The predicted molar refractivity (Wildman–Crippen MR) is 162 cm³/mol. The second kappa shape index (κ2) is 12.7. The first-order chi connectivity index (χ1) is 20.4. The average Bonchev–Trinajstić information content (AvgIpc) is 3.30. The maximum absolute atomic E-state index is 14.0. The van der Waals surface area contributed by atoms with Crippen LogP contribution in [0, 0.1) is 11.3 Å². The van der Waals surface area contributed by atoms with Crippen molar-refractivity contribution in [2.24, 2.45) is 4.99 Å². The average molecular weight is 621 g/mol. The van der Waals surface area contributed by atoms with Gasteiger partial charge in [-0.1, -0.05) is 77.0 Å². The van der Waals surface area contributed by atoms with Gasteiger partial charge < -0.3 is 14.2 Å². The van der Waals surface area contributed by atoms with Crippen molar-refractivity contribution in [3.8, 4) is 17.6 Å². The number of thiazole rings is 1. The van der Waals surface area contributed by atoms with Gasteiger partial charge in [0.05, 0.1) is 40.6 Å². The van der Waals surface area contributed by atoms with Crippen LogP contribution in [0.2, 0.25) is 10.0 Å². The number of nitriles is 1. The van der Waals surface area contributed by atoms with Gasteiger partial charge in [0.1, 0.15) is 6.07 Å². The standard InChI is InChI=1S/C31H23Cl2N3O5S/c1-3-40-30(38)25-26(19-7-5-4-6-8-19)35-31-36(27(25)20-9-11-21(32)12-10-20)29(37)24(42-31)17-18-15-22(33)28(41-14-13-34)23(16-18)39-2/h4-12,15-17,27H,3,14H2,1-2H3/b24-17-/t27-/m0/s1. The predicted octanol–water partition coefficient (Wildman–Crippen LogP) is 5.15. The number of benzene rings is 3. The fourth-order valence-corrected chi connectivity index (χ4v) is 6.02. The Hall–Kier alpha value is -4.36. The molecular weight excluding hydrogens is 597 g/mol. The Bertz CT molecular complexity index is 1910.